The van der Waals surface area contributed by atoms with Crippen molar-refractivity contribution in [2.24, 2.45) is 0 Å². The first-order valence-corrected chi connectivity index (χ1v) is 6.72. The lowest BCUT2D eigenvalue weighted by Gasteiger charge is -2.06. The molecule has 1 aliphatic carbocycles. The number of rotatable bonds is 2. The van der Waals surface area contributed by atoms with Gasteiger partial charge in [-0.15, -0.1) is 11.3 Å². The first-order chi connectivity index (χ1) is 8.76. The number of ketones is 1. The van der Waals surface area contributed by atoms with Crippen molar-refractivity contribution in [2.75, 3.05) is 7.11 Å². The SMILES string of the molecule is COc1cccc(-c2nc3c(s2)CC(=O)CC3)c1. The Morgan fingerprint density at radius 1 is 1.33 bits per heavy atom. The Morgan fingerprint density at radius 2 is 2.22 bits per heavy atom. The van der Waals surface area contributed by atoms with Crippen molar-refractivity contribution in [3.8, 4) is 16.3 Å². The van der Waals surface area contributed by atoms with E-state index < -0.39 is 0 Å². The van der Waals surface area contributed by atoms with Gasteiger partial charge < -0.3 is 4.74 Å². The molecule has 0 aliphatic heterocycles. The molecule has 0 radical (unpaired) electrons. The van der Waals surface area contributed by atoms with E-state index in [1.807, 2.05) is 24.3 Å². The molecule has 2 aromatic rings. The van der Waals surface area contributed by atoms with Crippen molar-refractivity contribution in [3.63, 3.8) is 0 Å². The molecule has 1 aromatic heterocycles. The number of nitrogens with zero attached hydrogens (tertiary/aromatic N) is 1. The number of hydrogen-bond acceptors (Lipinski definition) is 4. The minimum Gasteiger partial charge on any atom is -0.497 e. The summed E-state index contributed by atoms with van der Waals surface area (Å²) in [5, 5.41) is 0.980. The molecular weight excluding hydrogens is 246 g/mol. The molecule has 92 valence electrons. The topological polar surface area (TPSA) is 39.2 Å². The van der Waals surface area contributed by atoms with Crippen LogP contribution in [0.5, 0.6) is 5.75 Å². The third-order valence-corrected chi connectivity index (χ3v) is 4.24. The van der Waals surface area contributed by atoms with Gasteiger partial charge >= 0.3 is 0 Å². The summed E-state index contributed by atoms with van der Waals surface area (Å²) in [5.41, 5.74) is 2.15. The monoisotopic (exact) mass is 259 g/mol. The second-order valence-electron chi connectivity index (χ2n) is 4.34. The van der Waals surface area contributed by atoms with E-state index in [4.69, 9.17) is 4.74 Å². The molecule has 1 aromatic carbocycles. The van der Waals surface area contributed by atoms with Crippen LogP contribution in [0.15, 0.2) is 24.3 Å². The van der Waals surface area contributed by atoms with Crippen molar-refractivity contribution >= 4 is 17.1 Å². The van der Waals surface area contributed by atoms with Crippen molar-refractivity contribution in [1.29, 1.82) is 0 Å². The van der Waals surface area contributed by atoms with Crippen LogP contribution in [0.1, 0.15) is 17.0 Å². The lowest BCUT2D eigenvalue weighted by atomic mass is 10.0. The van der Waals surface area contributed by atoms with E-state index in [0.29, 0.717) is 18.6 Å². The number of benzene rings is 1. The van der Waals surface area contributed by atoms with Crippen molar-refractivity contribution in [3.05, 3.63) is 34.8 Å². The molecule has 0 fully saturated rings. The minimum atomic E-state index is 0.323. The second kappa shape index (κ2) is 4.53. The summed E-state index contributed by atoms with van der Waals surface area (Å²) >= 11 is 1.62. The summed E-state index contributed by atoms with van der Waals surface area (Å²) in [5.74, 6) is 1.15. The first-order valence-electron chi connectivity index (χ1n) is 5.91. The Bertz CT molecular complexity index is 604. The lowest BCUT2D eigenvalue weighted by Crippen LogP contribution is -2.11. The van der Waals surface area contributed by atoms with Crippen molar-refractivity contribution in [1.82, 2.24) is 4.98 Å². The number of aryl methyl sites for hydroxylation is 1. The predicted octanol–water partition coefficient (Wildman–Crippen LogP) is 2.88. The van der Waals surface area contributed by atoms with Gasteiger partial charge in [-0.1, -0.05) is 12.1 Å². The fourth-order valence-electron chi connectivity index (χ4n) is 2.12. The van der Waals surface area contributed by atoms with Crippen LogP contribution < -0.4 is 4.74 Å². The Morgan fingerprint density at radius 3 is 3.06 bits per heavy atom. The Kier molecular flexibility index (Phi) is 2.88. The zero-order valence-corrected chi connectivity index (χ0v) is 10.9. The third-order valence-electron chi connectivity index (χ3n) is 3.09. The standard InChI is InChI=1S/C14H13NO2S/c1-17-11-4-2-3-9(7-11)14-15-12-6-5-10(16)8-13(12)18-14/h2-4,7H,5-6,8H2,1H3. The van der Waals surface area contributed by atoms with Gasteiger partial charge in [-0.2, -0.15) is 0 Å². The van der Waals surface area contributed by atoms with Crippen LogP contribution in [0, 0.1) is 0 Å². The van der Waals surface area contributed by atoms with Crippen molar-refractivity contribution in [2.45, 2.75) is 19.3 Å². The van der Waals surface area contributed by atoms with Crippen LogP contribution in [-0.2, 0) is 17.6 Å². The van der Waals surface area contributed by atoms with Gasteiger partial charge in [0.25, 0.3) is 0 Å². The number of carbonyl (C=O) groups is 1. The number of aromatic nitrogens is 1. The van der Waals surface area contributed by atoms with Crippen LogP contribution >= 0.6 is 11.3 Å². The molecule has 3 nitrogen and oxygen atoms in total. The fraction of sp³-hybridized carbons (Fsp3) is 0.286. The molecule has 3 rings (SSSR count). The highest BCUT2D eigenvalue weighted by Crippen LogP contribution is 2.32. The van der Waals surface area contributed by atoms with Crippen LogP contribution in [0.25, 0.3) is 10.6 Å². The smallest absolute Gasteiger partial charge is 0.138 e. The van der Waals surface area contributed by atoms with Crippen LogP contribution in [0.4, 0.5) is 0 Å². The summed E-state index contributed by atoms with van der Waals surface area (Å²) in [6.07, 6.45) is 1.97. The zero-order chi connectivity index (χ0) is 12.5. The summed E-state index contributed by atoms with van der Waals surface area (Å²) in [6, 6.07) is 7.88. The molecule has 0 saturated carbocycles. The van der Waals surface area contributed by atoms with Gasteiger partial charge in [0, 0.05) is 23.3 Å². The molecule has 18 heavy (non-hydrogen) atoms. The summed E-state index contributed by atoms with van der Waals surface area (Å²) < 4.78 is 5.22. The third kappa shape index (κ3) is 2.04. The van der Waals surface area contributed by atoms with E-state index in [1.54, 1.807) is 18.4 Å². The maximum Gasteiger partial charge on any atom is 0.138 e. The highest BCUT2D eigenvalue weighted by Gasteiger charge is 2.20. The molecule has 1 aliphatic rings. The predicted molar refractivity (Wildman–Crippen MR) is 71.1 cm³/mol. The Labute approximate surface area is 109 Å². The van der Waals surface area contributed by atoms with Crippen LogP contribution in [0.3, 0.4) is 0 Å². The van der Waals surface area contributed by atoms with E-state index in [0.717, 1.165) is 33.3 Å². The molecule has 0 unspecified atom stereocenters. The van der Waals surface area contributed by atoms with Crippen LogP contribution in [-0.4, -0.2) is 17.9 Å². The van der Waals surface area contributed by atoms with E-state index in [2.05, 4.69) is 4.98 Å². The zero-order valence-electron chi connectivity index (χ0n) is 10.1. The number of Topliss-reactive ketones (excluding diaryl/α,β-unsaturated/α-hetero) is 1. The number of carbonyl (C=O) groups excluding carboxylic acids is 1. The highest BCUT2D eigenvalue weighted by molar-refractivity contribution is 7.15. The maximum atomic E-state index is 11.4. The average molecular weight is 259 g/mol. The molecule has 0 N–H and O–H groups in total. The fourth-order valence-corrected chi connectivity index (χ4v) is 3.25. The summed E-state index contributed by atoms with van der Waals surface area (Å²) in [4.78, 5) is 17.2. The first kappa shape index (κ1) is 11.4. The molecular formula is C14H13NO2S. The quantitative estimate of drug-likeness (QED) is 0.832. The highest BCUT2D eigenvalue weighted by atomic mass is 32.1. The molecule has 1 heterocycles. The molecule has 0 amide bonds. The van der Waals surface area contributed by atoms with Crippen LogP contribution in [0.2, 0.25) is 0 Å². The maximum absolute atomic E-state index is 11.4. The van der Waals surface area contributed by atoms with E-state index >= 15 is 0 Å². The van der Waals surface area contributed by atoms with E-state index in [1.165, 1.54) is 0 Å². The number of thiazole rings is 1. The number of hydrogen-bond donors (Lipinski definition) is 0. The van der Waals surface area contributed by atoms with Gasteiger partial charge in [0.05, 0.1) is 12.8 Å². The van der Waals surface area contributed by atoms with Crippen molar-refractivity contribution < 1.29 is 9.53 Å². The van der Waals surface area contributed by atoms with Gasteiger partial charge in [-0.05, 0) is 18.6 Å². The molecule has 4 heteroatoms. The largest absolute Gasteiger partial charge is 0.497 e. The van der Waals surface area contributed by atoms with E-state index in [-0.39, 0.29) is 0 Å². The molecule has 0 saturated heterocycles. The van der Waals surface area contributed by atoms with Gasteiger partial charge in [0.1, 0.15) is 16.5 Å². The van der Waals surface area contributed by atoms with Gasteiger partial charge in [-0.25, -0.2) is 4.98 Å². The summed E-state index contributed by atoms with van der Waals surface area (Å²) in [6.45, 7) is 0. The molecule has 0 bridgehead atoms. The second-order valence-corrected chi connectivity index (χ2v) is 5.42. The number of fused-ring (bicyclic) bond motifs is 1. The Balaban J connectivity index is 1.99. The lowest BCUT2D eigenvalue weighted by molar-refractivity contribution is -0.118. The van der Waals surface area contributed by atoms with E-state index in [9.17, 15) is 4.79 Å². The molecule has 0 atom stereocenters. The number of methoxy groups -OCH3 is 1. The normalized spacial score (nSPS) is 14.4. The minimum absolute atomic E-state index is 0.323. The Hall–Kier alpha value is -1.68. The van der Waals surface area contributed by atoms with Gasteiger partial charge in [0.15, 0.2) is 0 Å². The molecule has 0 spiro atoms. The number of ether oxygens (including phenoxy) is 1. The van der Waals surface area contributed by atoms with Gasteiger partial charge in [-0.3, -0.25) is 4.79 Å². The summed E-state index contributed by atoms with van der Waals surface area (Å²) in [7, 11) is 1.66. The van der Waals surface area contributed by atoms with Gasteiger partial charge in [0.2, 0.25) is 0 Å². The average Bonchev–Trinajstić information content (AvgIpc) is 2.81.